The van der Waals surface area contributed by atoms with Gasteiger partial charge in [-0.1, -0.05) is 101 Å². The van der Waals surface area contributed by atoms with Crippen LogP contribution in [0.4, 0.5) is 0 Å². The van der Waals surface area contributed by atoms with Crippen LogP contribution in [0.25, 0.3) is 84.0 Å². The van der Waals surface area contributed by atoms with Crippen molar-refractivity contribution in [3.05, 3.63) is 87.9 Å². The minimum atomic E-state index is -1.26. The number of ether oxygens (including phenoxy) is 1. The topological polar surface area (TPSA) is 156 Å². The number of halogens is 3. The van der Waals surface area contributed by atoms with Gasteiger partial charge in [0.15, 0.2) is 11.6 Å². The number of rotatable bonds is 4. The van der Waals surface area contributed by atoms with Gasteiger partial charge >= 0.3 is 25.4 Å². The molecule has 0 saturated carbocycles. The summed E-state index contributed by atoms with van der Waals surface area (Å²) in [7, 11) is 0. The van der Waals surface area contributed by atoms with Crippen LogP contribution >= 0.6 is 34.8 Å². The van der Waals surface area contributed by atoms with E-state index in [0.29, 0.717) is 51.0 Å². The summed E-state index contributed by atoms with van der Waals surface area (Å²) < 4.78 is 5.95. The number of para-hydroxylation sites is 1. The molecule has 7 aromatic rings. The van der Waals surface area contributed by atoms with Gasteiger partial charge < -0.3 is 34.8 Å². The molecule has 8 bridgehead atoms. The largest absolute Gasteiger partial charge is 2.00 e. The fourth-order valence-electron chi connectivity index (χ4n) is 5.98. The van der Waals surface area contributed by atoms with E-state index in [4.69, 9.17) is 79.6 Å². The van der Waals surface area contributed by atoms with Gasteiger partial charge in [0.05, 0.1) is 38.3 Å². The number of fused-ring (bicyclic) bond motifs is 20. The predicted octanol–water partition coefficient (Wildman–Crippen LogP) is 7.18. The Morgan fingerprint density at radius 2 is 1.23 bits per heavy atom. The van der Waals surface area contributed by atoms with Crippen molar-refractivity contribution in [1.29, 1.82) is 0 Å². The summed E-state index contributed by atoms with van der Waals surface area (Å²) in [5.41, 5.74) is 2.63. The minimum absolute atomic E-state index is 0. The molecule has 16 heteroatoms. The molecule has 12 nitrogen and oxygen atoms in total. The van der Waals surface area contributed by atoms with Crippen molar-refractivity contribution in [3.8, 4) is 45.6 Å². The molecular formula is C36H21Cl3N9O3Zn+. The molecule has 2 aliphatic heterocycles. The molecule has 0 atom stereocenters. The first-order valence-electron chi connectivity index (χ1n) is 15.6. The molecule has 0 amide bonds. The summed E-state index contributed by atoms with van der Waals surface area (Å²) in [5, 5.41) is 21.5. The van der Waals surface area contributed by atoms with Gasteiger partial charge in [-0.05, 0) is 30.7 Å². The molecule has 2 aliphatic rings. The number of carbonyl (C=O) groups is 1. The molecule has 3 aromatic heterocycles. The average molecular weight is 799 g/mol. The smallest absolute Gasteiger partial charge is 0.489 e. The molecule has 52 heavy (non-hydrogen) atoms. The molecule has 0 spiro atoms. The van der Waals surface area contributed by atoms with Gasteiger partial charge in [-0.25, -0.2) is 4.98 Å². The van der Waals surface area contributed by atoms with E-state index in [2.05, 4.69) is 0 Å². The van der Waals surface area contributed by atoms with Crippen molar-refractivity contribution in [2.75, 3.05) is 6.61 Å². The van der Waals surface area contributed by atoms with Crippen LogP contribution < -0.4 is 19.5 Å². The quantitative estimate of drug-likeness (QED) is 0.109. The second-order valence-corrected chi connectivity index (χ2v) is 13.7. The first-order valence-corrected chi connectivity index (χ1v) is 16.7. The van der Waals surface area contributed by atoms with Crippen molar-refractivity contribution in [1.82, 2.24) is 40.1 Å². The van der Waals surface area contributed by atoms with Gasteiger partial charge in [0, 0.05) is 54.8 Å². The van der Waals surface area contributed by atoms with Crippen LogP contribution in [0.3, 0.4) is 0 Å². The Balaban J connectivity index is 0.00000387. The molecule has 4 aromatic carbocycles. The maximum Gasteiger partial charge on any atom is 2.00 e. The molecule has 1 N–H and O–H groups in total. The molecule has 0 unspecified atom stereocenters. The van der Waals surface area contributed by atoms with Gasteiger partial charge in [0.25, 0.3) is 5.69 Å². The van der Waals surface area contributed by atoms with Gasteiger partial charge in [-0.2, -0.15) is 0 Å². The van der Waals surface area contributed by atoms with Crippen molar-refractivity contribution in [3.63, 3.8) is 0 Å². The molecule has 5 heterocycles. The third-order valence-electron chi connectivity index (χ3n) is 8.71. The van der Waals surface area contributed by atoms with Crippen LogP contribution in [-0.4, -0.2) is 47.8 Å². The summed E-state index contributed by atoms with van der Waals surface area (Å²) in [6, 6.07) is 22.7. The Morgan fingerprint density at radius 3 is 1.88 bits per heavy atom. The molecule has 9 rings (SSSR count). The Hall–Kier alpha value is -5.07. The third-order valence-corrected chi connectivity index (χ3v) is 9.91. The monoisotopic (exact) mass is 796 g/mol. The fourth-order valence-corrected chi connectivity index (χ4v) is 6.86. The van der Waals surface area contributed by atoms with Crippen LogP contribution in [0, 0.1) is 5.41 Å². The van der Waals surface area contributed by atoms with Crippen LogP contribution in [0.5, 0.6) is 5.75 Å². The van der Waals surface area contributed by atoms with E-state index in [1.807, 2.05) is 72.8 Å². The second kappa shape index (κ2) is 12.6. The Bertz CT molecular complexity index is 2840. The first-order chi connectivity index (χ1) is 24.6. The number of carboxylic acids is 1. The zero-order valence-electron chi connectivity index (χ0n) is 27.3. The van der Waals surface area contributed by atoms with E-state index in [-0.39, 0.29) is 63.6 Å². The molecule has 0 saturated heterocycles. The number of hydrogen-bond acceptors (Lipinski definition) is 8. The van der Waals surface area contributed by atoms with Crippen molar-refractivity contribution in [2.24, 2.45) is 5.41 Å². The SMILES string of the molecule is CC(C)(COc1c(Cl)c(Cl)c2c3nc4nc(nc5[n-]c(nc6n[n+](nc([n-]3)c2c1Cl)-c1ccccc1-6)c1ccccc51)-c1ccccc1-4)C(=O)O.[Zn+2]. The van der Waals surface area contributed by atoms with Gasteiger partial charge in [-0.15, -0.1) is 0 Å². The first kappa shape index (κ1) is 34.0. The number of aliphatic carboxylic acids is 1. The normalized spacial score (nSPS) is 12.0. The Kier molecular flexibility index (Phi) is 8.22. The van der Waals surface area contributed by atoms with Gasteiger partial charge in [-0.3, -0.25) is 4.79 Å². The second-order valence-electron chi connectivity index (χ2n) is 12.5. The van der Waals surface area contributed by atoms with E-state index >= 15 is 0 Å². The van der Waals surface area contributed by atoms with Crippen molar-refractivity contribution in [2.45, 2.75) is 13.8 Å². The maximum atomic E-state index is 11.9. The summed E-state index contributed by atoms with van der Waals surface area (Å²) in [4.78, 5) is 42.5. The fraction of sp³-hybridized carbons (Fsp3) is 0.111. The summed E-state index contributed by atoms with van der Waals surface area (Å²) >= 11 is 20.8. The zero-order valence-corrected chi connectivity index (χ0v) is 32.5. The average Bonchev–Trinajstić information content (AvgIpc) is 3.86. The standard InChI is InChI=1S/C36H22Cl3N9O3.Zn/c1-36(2,35(49)50)15-51-27-25(38)23-22(24(37)26(27)39)33-44-31-19-12-6-4-10-17(19)29(42-31)40-28-16-9-3-5-11-18(16)30(41-28)43-32-20-13-7-8-14-21(20)48(46-32)47-34(23)45-33;/h3-14H,15H2,1-2H3,(H2,40,41,42,43,44,45,46,47,49,50);/q;+2/p-1. The number of benzene rings is 4. The Morgan fingerprint density at radius 1 is 0.692 bits per heavy atom. The summed E-state index contributed by atoms with van der Waals surface area (Å²) in [6.45, 7) is 2.79. The van der Waals surface area contributed by atoms with Crippen LogP contribution in [0.1, 0.15) is 13.8 Å². The molecule has 0 aliphatic carbocycles. The van der Waals surface area contributed by atoms with E-state index in [1.54, 1.807) is 0 Å². The van der Waals surface area contributed by atoms with Crippen LogP contribution in [0.2, 0.25) is 15.1 Å². The van der Waals surface area contributed by atoms with Crippen molar-refractivity contribution < 1.29 is 38.9 Å². The summed E-state index contributed by atoms with van der Waals surface area (Å²) in [5.74, 6) is 0.00643. The van der Waals surface area contributed by atoms with Crippen LogP contribution in [-0.2, 0) is 24.3 Å². The summed E-state index contributed by atoms with van der Waals surface area (Å²) in [6.07, 6.45) is 0. The number of carboxylic acid groups (broad SMARTS) is 1. The van der Waals surface area contributed by atoms with Gasteiger partial charge in [0.2, 0.25) is 0 Å². The van der Waals surface area contributed by atoms with E-state index in [9.17, 15) is 9.90 Å². The van der Waals surface area contributed by atoms with Crippen molar-refractivity contribution >= 4 is 84.9 Å². The van der Waals surface area contributed by atoms with Crippen LogP contribution in [0.15, 0.2) is 72.8 Å². The van der Waals surface area contributed by atoms with Gasteiger partial charge in [0.1, 0.15) is 11.6 Å². The third kappa shape index (κ3) is 5.30. The molecule has 0 radical (unpaired) electrons. The van der Waals surface area contributed by atoms with E-state index in [1.165, 1.54) is 18.6 Å². The molecule has 250 valence electrons. The van der Waals surface area contributed by atoms with E-state index < -0.39 is 11.4 Å². The number of aromatic nitrogens is 9. The number of hydrogen-bond donors (Lipinski definition) is 1. The van der Waals surface area contributed by atoms with E-state index in [0.717, 1.165) is 16.3 Å². The predicted molar refractivity (Wildman–Crippen MR) is 192 cm³/mol. The minimum Gasteiger partial charge on any atom is -0.489 e. The molecular weight excluding hydrogens is 778 g/mol. The maximum absolute atomic E-state index is 11.9. The number of nitrogens with zero attached hydrogens (tertiary/aromatic N) is 9. The Labute approximate surface area is 321 Å². The zero-order chi connectivity index (χ0) is 35.2. The molecule has 0 fully saturated rings.